The van der Waals surface area contributed by atoms with Gasteiger partial charge >= 0.3 is 5.97 Å². The predicted molar refractivity (Wildman–Crippen MR) is 74.4 cm³/mol. The number of benzene rings is 1. The molecule has 1 aliphatic rings. The molecule has 9 N–H and O–H groups in total. The zero-order valence-electron chi connectivity index (χ0n) is 12.1. The van der Waals surface area contributed by atoms with Crippen LogP contribution in [0.1, 0.15) is 10.4 Å². The fraction of sp³-hybridized carbons (Fsp3) is 0.462. The van der Waals surface area contributed by atoms with Crippen LogP contribution >= 0.6 is 0 Å². The monoisotopic (exact) mass is 350 g/mol. The summed E-state index contributed by atoms with van der Waals surface area (Å²) in [6, 6.07) is 1.69. The molecule has 1 heterocycles. The number of hydrogen-bond acceptors (Lipinski definition) is 10. The number of carbonyl (C=O) groups is 1. The Hall–Kier alpha value is -2.15. The molecule has 11 heteroatoms. The maximum Gasteiger partial charge on any atom is 0.335 e. The van der Waals surface area contributed by atoms with E-state index in [1.165, 1.54) is 0 Å². The molecule has 0 radical (unpaired) electrons. The lowest BCUT2D eigenvalue weighted by atomic mass is 10.00. The van der Waals surface area contributed by atoms with Gasteiger partial charge in [0.25, 0.3) is 0 Å². The number of carboxylic acid groups (broad SMARTS) is 1. The number of phenols is 3. The van der Waals surface area contributed by atoms with Crippen LogP contribution in [0.5, 0.6) is 17.2 Å². The number of rotatable bonds is 2. The highest BCUT2D eigenvalue weighted by molar-refractivity contribution is 5.89. The van der Waals surface area contributed by atoms with Crippen molar-refractivity contribution < 1.29 is 55.5 Å². The van der Waals surface area contributed by atoms with Crippen LogP contribution in [0.3, 0.4) is 0 Å². The average Bonchev–Trinajstić information content (AvgIpc) is 2.54. The Morgan fingerprint density at radius 2 is 1.46 bits per heavy atom. The van der Waals surface area contributed by atoms with Crippen molar-refractivity contribution >= 4 is 5.97 Å². The van der Waals surface area contributed by atoms with Gasteiger partial charge in [-0.15, -0.1) is 0 Å². The third kappa shape index (κ3) is 4.44. The van der Waals surface area contributed by atoms with Gasteiger partial charge in [-0.2, -0.15) is 0 Å². The molecule has 1 fully saturated rings. The minimum absolute atomic E-state index is 0.289. The molecule has 11 nitrogen and oxygen atoms in total. The topological polar surface area (TPSA) is 208 Å². The molecule has 136 valence electrons. The standard InChI is InChI=1S/C7H6O5.C6H12O6/c8-4-1-3(7(11)12)2-5(9)6(4)10;7-1-2-3(8)4(9)5(10)6(11)12-2/h1-2,8-10H,(H,11,12);2-11H,1H2/t;2-,3-,4+,5-,6-/m.1/s1. The lowest BCUT2D eigenvalue weighted by Crippen LogP contribution is -2.58. The first kappa shape index (κ1) is 19.9. The van der Waals surface area contributed by atoms with E-state index in [4.69, 9.17) is 46.0 Å². The second-order valence-corrected chi connectivity index (χ2v) is 4.89. The summed E-state index contributed by atoms with van der Waals surface area (Å²) in [5.41, 5.74) is -0.289. The van der Waals surface area contributed by atoms with Crippen LogP contribution in [0.2, 0.25) is 0 Å². The van der Waals surface area contributed by atoms with E-state index in [0.717, 1.165) is 12.1 Å². The summed E-state index contributed by atoms with van der Waals surface area (Å²) in [4.78, 5) is 10.3. The normalized spacial score (nSPS) is 29.5. The van der Waals surface area contributed by atoms with Gasteiger partial charge in [0.05, 0.1) is 12.2 Å². The summed E-state index contributed by atoms with van der Waals surface area (Å²) in [6.07, 6.45) is -7.04. The van der Waals surface area contributed by atoms with E-state index in [-0.39, 0.29) is 5.56 Å². The Balaban J connectivity index is 0.000000240. The number of ether oxygens (including phenoxy) is 1. The Bertz CT molecular complexity index is 547. The van der Waals surface area contributed by atoms with Crippen LogP contribution in [0.4, 0.5) is 0 Å². The van der Waals surface area contributed by atoms with Crippen molar-refractivity contribution in [2.24, 2.45) is 0 Å². The van der Waals surface area contributed by atoms with Crippen molar-refractivity contribution in [2.45, 2.75) is 30.7 Å². The number of aliphatic hydroxyl groups is 5. The van der Waals surface area contributed by atoms with E-state index in [0.29, 0.717) is 0 Å². The number of hydrogen-bond donors (Lipinski definition) is 9. The van der Waals surface area contributed by atoms with Gasteiger partial charge in [-0.25, -0.2) is 4.79 Å². The highest BCUT2D eigenvalue weighted by atomic mass is 16.6. The summed E-state index contributed by atoms with van der Waals surface area (Å²) in [6.45, 7) is -0.526. The predicted octanol–water partition coefficient (Wildman–Crippen LogP) is -2.72. The minimum atomic E-state index is -1.57. The summed E-state index contributed by atoms with van der Waals surface area (Å²) >= 11 is 0. The Labute approximate surface area is 134 Å². The Morgan fingerprint density at radius 3 is 1.88 bits per heavy atom. The molecule has 0 bridgehead atoms. The summed E-state index contributed by atoms with van der Waals surface area (Å²) in [7, 11) is 0. The Kier molecular flexibility index (Phi) is 6.71. The van der Waals surface area contributed by atoms with Gasteiger partial charge in [0.15, 0.2) is 23.5 Å². The molecule has 1 aliphatic heterocycles. The summed E-state index contributed by atoms with van der Waals surface area (Å²) in [5, 5.41) is 79.6. The molecule has 1 aromatic rings. The fourth-order valence-electron chi connectivity index (χ4n) is 1.81. The number of aromatic carboxylic acids is 1. The molecule has 24 heavy (non-hydrogen) atoms. The van der Waals surface area contributed by atoms with Gasteiger partial charge in [-0.1, -0.05) is 0 Å². The van der Waals surface area contributed by atoms with E-state index >= 15 is 0 Å². The first-order valence-corrected chi connectivity index (χ1v) is 6.57. The molecule has 2 rings (SSSR count). The van der Waals surface area contributed by atoms with Crippen LogP contribution < -0.4 is 0 Å². The van der Waals surface area contributed by atoms with Crippen molar-refractivity contribution in [1.29, 1.82) is 0 Å². The molecule has 0 aromatic heterocycles. The molecule has 0 amide bonds. The molecule has 1 aromatic carbocycles. The van der Waals surface area contributed by atoms with Crippen LogP contribution in [0, 0.1) is 0 Å². The van der Waals surface area contributed by atoms with Crippen molar-refractivity contribution in [3.63, 3.8) is 0 Å². The van der Waals surface area contributed by atoms with Gasteiger partial charge in [-0.05, 0) is 12.1 Å². The molecule has 0 saturated carbocycles. The minimum Gasteiger partial charge on any atom is -0.504 e. The first-order chi connectivity index (χ1) is 11.1. The van der Waals surface area contributed by atoms with E-state index in [1.807, 2.05) is 0 Å². The number of aromatic hydroxyl groups is 3. The first-order valence-electron chi connectivity index (χ1n) is 6.57. The lowest BCUT2D eigenvalue weighted by molar-refractivity contribution is -0.286. The third-order valence-corrected chi connectivity index (χ3v) is 3.18. The maximum absolute atomic E-state index is 10.3. The molecule has 1 saturated heterocycles. The SMILES string of the molecule is O=C(O)c1cc(O)c(O)c(O)c1.OC[C@H]1O[C@@H](O)[C@H](O)[C@@H](O)[C@@H]1O. The molecular formula is C13H18O11. The van der Waals surface area contributed by atoms with Crippen LogP contribution in [-0.2, 0) is 4.74 Å². The van der Waals surface area contributed by atoms with E-state index in [9.17, 15) is 4.79 Å². The molecule has 0 spiro atoms. The van der Waals surface area contributed by atoms with E-state index in [2.05, 4.69) is 4.74 Å². The number of carboxylic acids is 1. The molecular weight excluding hydrogens is 332 g/mol. The second-order valence-electron chi connectivity index (χ2n) is 4.89. The maximum atomic E-state index is 10.3. The molecule has 0 aliphatic carbocycles. The smallest absolute Gasteiger partial charge is 0.335 e. The lowest BCUT2D eigenvalue weighted by Gasteiger charge is -2.37. The average molecular weight is 350 g/mol. The van der Waals surface area contributed by atoms with Gasteiger partial charge in [-0.3, -0.25) is 0 Å². The Morgan fingerprint density at radius 1 is 0.958 bits per heavy atom. The number of phenolic OH excluding ortho intramolecular Hbond substituents is 3. The van der Waals surface area contributed by atoms with Crippen LogP contribution in [0.25, 0.3) is 0 Å². The highest BCUT2D eigenvalue weighted by Gasteiger charge is 2.42. The van der Waals surface area contributed by atoms with Crippen LogP contribution in [-0.4, -0.2) is 89.2 Å². The third-order valence-electron chi connectivity index (χ3n) is 3.18. The second kappa shape index (κ2) is 8.10. The molecule has 0 unspecified atom stereocenters. The van der Waals surface area contributed by atoms with Crippen molar-refractivity contribution in [1.82, 2.24) is 0 Å². The highest BCUT2D eigenvalue weighted by Crippen LogP contribution is 2.35. The fourth-order valence-corrected chi connectivity index (χ4v) is 1.81. The van der Waals surface area contributed by atoms with Crippen molar-refractivity contribution in [2.75, 3.05) is 6.61 Å². The van der Waals surface area contributed by atoms with Crippen molar-refractivity contribution in [3.05, 3.63) is 17.7 Å². The largest absolute Gasteiger partial charge is 0.504 e. The van der Waals surface area contributed by atoms with Gasteiger partial charge in [0.1, 0.15) is 24.4 Å². The van der Waals surface area contributed by atoms with E-state index in [1.54, 1.807) is 0 Å². The summed E-state index contributed by atoms with van der Waals surface area (Å²) < 4.78 is 4.58. The quantitative estimate of drug-likeness (QED) is 0.250. The number of aliphatic hydroxyl groups excluding tert-OH is 5. The van der Waals surface area contributed by atoms with E-state index < -0.39 is 60.5 Å². The van der Waals surface area contributed by atoms with Crippen molar-refractivity contribution in [3.8, 4) is 17.2 Å². The summed E-state index contributed by atoms with van der Waals surface area (Å²) in [5.74, 6) is -3.33. The van der Waals surface area contributed by atoms with Gasteiger partial charge < -0.3 is 50.7 Å². The van der Waals surface area contributed by atoms with Gasteiger partial charge in [0, 0.05) is 0 Å². The van der Waals surface area contributed by atoms with Gasteiger partial charge in [0.2, 0.25) is 0 Å². The van der Waals surface area contributed by atoms with Crippen LogP contribution in [0.15, 0.2) is 12.1 Å². The molecule has 5 atom stereocenters. The zero-order chi connectivity index (χ0) is 18.6. The zero-order valence-corrected chi connectivity index (χ0v) is 12.1.